The number of anilines is 1. The van der Waals surface area contributed by atoms with E-state index in [9.17, 15) is 15.0 Å². The lowest BCUT2D eigenvalue weighted by Crippen LogP contribution is -2.39. The Morgan fingerprint density at radius 1 is 1.14 bits per heavy atom. The van der Waals surface area contributed by atoms with Crippen LogP contribution in [0.5, 0.6) is 0 Å². The molecular weight excluding hydrogens is 480 g/mol. The third kappa shape index (κ3) is 4.50. The van der Waals surface area contributed by atoms with Gasteiger partial charge in [-0.05, 0) is 37.6 Å². The minimum atomic E-state index is -1.23. The first-order chi connectivity index (χ1) is 17.4. The molecule has 0 aromatic carbocycles. The van der Waals surface area contributed by atoms with Crippen LogP contribution in [0, 0.1) is 13.8 Å². The van der Waals surface area contributed by atoms with Gasteiger partial charge in [0.2, 0.25) is 5.91 Å². The Labute approximate surface area is 211 Å². The second-order valence-electron chi connectivity index (χ2n) is 8.64. The van der Waals surface area contributed by atoms with Crippen LogP contribution in [0.2, 0.25) is 0 Å². The monoisotopic (exact) mass is 506 g/mol. The van der Waals surface area contributed by atoms with Crippen LogP contribution in [0.1, 0.15) is 22.3 Å². The molecule has 5 rings (SSSR count). The number of thioether (sulfide) groups is 1. The van der Waals surface area contributed by atoms with Crippen molar-refractivity contribution < 1.29 is 15.0 Å². The standard InChI is InChI=1S/C24H26N8O3S/c1-12-7-14(9-26-8-12)20-30-21(27-10-15-6-4-5-13(2)29-15)16-22(31-20)32(11-28-16)24-18(34)17(33)19(36-24)23(35)25-3/h4-9,11,17-19,24,33-34H,10H2,1-3H3,(H,25,35)(H,27,30,31)/t17-,18+,19-,24+/m0/s1. The number of imidazole rings is 1. The average Bonchev–Trinajstić information content (AvgIpc) is 3.43. The van der Waals surface area contributed by atoms with Crippen LogP contribution < -0.4 is 10.6 Å². The fraction of sp³-hybridized carbons (Fsp3) is 0.333. The fourth-order valence-corrected chi connectivity index (χ4v) is 5.62. The highest BCUT2D eigenvalue weighted by molar-refractivity contribution is 8.01. The summed E-state index contributed by atoms with van der Waals surface area (Å²) in [6.07, 6.45) is 2.56. The van der Waals surface area contributed by atoms with Crippen molar-refractivity contribution >= 4 is 34.7 Å². The van der Waals surface area contributed by atoms with Gasteiger partial charge in [0.05, 0.1) is 18.6 Å². The lowest BCUT2D eigenvalue weighted by Gasteiger charge is -2.17. The van der Waals surface area contributed by atoms with Gasteiger partial charge in [-0.3, -0.25) is 19.3 Å². The molecule has 186 valence electrons. The summed E-state index contributed by atoms with van der Waals surface area (Å²) in [5.41, 5.74) is 4.40. The van der Waals surface area contributed by atoms with Gasteiger partial charge >= 0.3 is 0 Å². The summed E-state index contributed by atoms with van der Waals surface area (Å²) in [4.78, 5) is 35.1. The van der Waals surface area contributed by atoms with E-state index in [0.717, 1.165) is 34.3 Å². The van der Waals surface area contributed by atoms with Crippen molar-refractivity contribution in [3.8, 4) is 11.4 Å². The molecule has 0 radical (unpaired) electrons. The second kappa shape index (κ2) is 9.80. The van der Waals surface area contributed by atoms with Gasteiger partial charge in [-0.2, -0.15) is 0 Å². The quantitative estimate of drug-likeness (QED) is 0.303. The maximum Gasteiger partial charge on any atom is 0.235 e. The van der Waals surface area contributed by atoms with Crippen LogP contribution in [0.4, 0.5) is 5.82 Å². The normalized spacial score (nSPS) is 21.6. The number of amides is 1. The second-order valence-corrected chi connectivity index (χ2v) is 9.90. The van der Waals surface area contributed by atoms with Gasteiger partial charge in [0, 0.05) is 30.7 Å². The van der Waals surface area contributed by atoms with Gasteiger partial charge < -0.3 is 20.8 Å². The molecule has 1 aliphatic rings. The SMILES string of the molecule is CNC(=O)[C@H]1S[C@@H](n2cnc3c(NCc4cccc(C)n4)nc(-c4cncc(C)c4)nc32)[C@H](O)[C@@H]1O. The van der Waals surface area contributed by atoms with Crippen LogP contribution >= 0.6 is 11.8 Å². The van der Waals surface area contributed by atoms with Gasteiger partial charge in [-0.1, -0.05) is 6.07 Å². The number of carbonyl (C=O) groups excluding carboxylic acids is 1. The smallest absolute Gasteiger partial charge is 0.235 e. The zero-order valence-electron chi connectivity index (χ0n) is 20.0. The average molecular weight is 507 g/mol. The number of pyridine rings is 2. The van der Waals surface area contributed by atoms with Crippen LogP contribution in [0.3, 0.4) is 0 Å². The van der Waals surface area contributed by atoms with Crippen LogP contribution in [0.15, 0.2) is 43.0 Å². The van der Waals surface area contributed by atoms with Crippen molar-refractivity contribution in [2.45, 2.75) is 43.2 Å². The number of aliphatic hydroxyl groups is 2. The maximum absolute atomic E-state index is 12.2. The van der Waals surface area contributed by atoms with E-state index in [1.165, 1.54) is 7.05 Å². The highest BCUT2D eigenvalue weighted by Gasteiger charge is 2.47. The van der Waals surface area contributed by atoms with Gasteiger partial charge in [0.25, 0.3) is 0 Å². The van der Waals surface area contributed by atoms with E-state index in [2.05, 4.69) is 25.6 Å². The van der Waals surface area contributed by atoms with Gasteiger partial charge in [0.1, 0.15) is 22.8 Å². The van der Waals surface area contributed by atoms with Gasteiger partial charge in [-0.25, -0.2) is 15.0 Å². The van der Waals surface area contributed by atoms with Crippen molar-refractivity contribution in [3.05, 3.63) is 59.9 Å². The van der Waals surface area contributed by atoms with Gasteiger partial charge in [0.15, 0.2) is 22.8 Å². The molecule has 1 aliphatic heterocycles. The molecule has 11 nitrogen and oxygen atoms in total. The molecule has 5 heterocycles. The summed E-state index contributed by atoms with van der Waals surface area (Å²) in [5, 5.41) is 25.7. The molecule has 1 saturated heterocycles. The summed E-state index contributed by atoms with van der Waals surface area (Å²) >= 11 is 1.16. The van der Waals surface area contributed by atoms with Crippen LogP contribution in [-0.2, 0) is 11.3 Å². The molecule has 0 aliphatic carbocycles. The van der Waals surface area contributed by atoms with Crippen molar-refractivity contribution in [3.63, 3.8) is 0 Å². The Morgan fingerprint density at radius 3 is 2.72 bits per heavy atom. The number of aliphatic hydroxyl groups excluding tert-OH is 2. The zero-order chi connectivity index (χ0) is 25.4. The largest absolute Gasteiger partial charge is 0.389 e. The third-order valence-electron chi connectivity index (χ3n) is 5.95. The fourth-order valence-electron chi connectivity index (χ4n) is 4.15. The Bertz CT molecular complexity index is 1430. The number of nitrogens with zero attached hydrogens (tertiary/aromatic N) is 6. The van der Waals surface area contributed by atoms with Crippen molar-refractivity contribution in [1.82, 2.24) is 34.8 Å². The molecule has 4 aromatic rings. The van der Waals surface area contributed by atoms with Crippen molar-refractivity contribution in [1.29, 1.82) is 0 Å². The number of aromatic nitrogens is 6. The first-order valence-corrected chi connectivity index (χ1v) is 12.4. The lowest BCUT2D eigenvalue weighted by molar-refractivity contribution is -0.122. The van der Waals surface area contributed by atoms with E-state index < -0.39 is 22.8 Å². The minimum absolute atomic E-state index is 0.354. The van der Waals surface area contributed by atoms with E-state index in [1.54, 1.807) is 23.3 Å². The number of hydrogen-bond donors (Lipinski definition) is 4. The summed E-state index contributed by atoms with van der Waals surface area (Å²) in [5.74, 6) is 0.577. The van der Waals surface area contributed by atoms with E-state index in [1.807, 2.05) is 38.1 Å². The molecule has 0 unspecified atom stereocenters. The lowest BCUT2D eigenvalue weighted by atomic mass is 10.1. The minimum Gasteiger partial charge on any atom is -0.389 e. The Morgan fingerprint density at radius 2 is 1.97 bits per heavy atom. The van der Waals surface area contributed by atoms with E-state index in [4.69, 9.17) is 9.97 Å². The number of nitrogens with one attached hydrogen (secondary N) is 2. The summed E-state index contributed by atoms with van der Waals surface area (Å²) in [6, 6.07) is 7.74. The molecule has 1 amide bonds. The highest BCUT2D eigenvalue weighted by Crippen LogP contribution is 2.43. The molecular formula is C24H26N8O3S. The number of fused-ring (bicyclic) bond motifs is 1. The van der Waals surface area contributed by atoms with Crippen molar-refractivity contribution in [2.24, 2.45) is 0 Å². The van der Waals surface area contributed by atoms with Crippen LogP contribution in [0.25, 0.3) is 22.6 Å². The predicted octanol–water partition coefficient (Wildman–Crippen LogP) is 1.59. The Kier molecular flexibility index (Phi) is 6.56. The third-order valence-corrected chi connectivity index (χ3v) is 7.53. The number of hydrogen-bond acceptors (Lipinski definition) is 10. The highest BCUT2D eigenvalue weighted by atomic mass is 32.2. The first-order valence-electron chi connectivity index (χ1n) is 11.4. The summed E-state index contributed by atoms with van der Waals surface area (Å²) in [6.45, 7) is 4.29. The molecule has 0 spiro atoms. The van der Waals surface area contributed by atoms with Crippen LogP contribution in [-0.4, -0.2) is 70.1 Å². The predicted molar refractivity (Wildman–Crippen MR) is 136 cm³/mol. The molecule has 36 heavy (non-hydrogen) atoms. The zero-order valence-corrected chi connectivity index (χ0v) is 20.8. The Balaban J connectivity index is 1.58. The molecule has 4 atom stereocenters. The molecule has 0 bridgehead atoms. The molecule has 4 N–H and O–H groups in total. The molecule has 0 saturated carbocycles. The number of rotatable bonds is 6. The van der Waals surface area contributed by atoms with E-state index in [0.29, 0.717) is 29.4 Å². The number of carbonyl (C=O) groups is 1. The molecule has 12 heteroatoms. The van der Waals surface area contributed by atoms with Gasteiger partial charge in [-0.15, -0.1) is 11.8 Å². The Hall–Kier alpha value is -3.61. The van der Waals surface area contributed by atoms with E-state index in [-0.39, 0.29) is 5.91 Å². The van der Waals surface area contributed by atoms with Crippen molar-refractivity contribution in [2.75, 3.05) is 12.4 Å². The maximum atomic E-state index is 12.2. The van der Waals surface area contributed by atoms with E-state index >= 15 is 0 Å². The molecule has 1 fully saturated rings. The topological polar surface area (TPSA) is 151 Å². The summed E-state index contributed by atoms with van der Waals surface area (Å²) in [7, 11) is 1.50. The first kappa shape index (κ1) is 24.1. The summed E-state index contributed by atoms with van der Waals surface area (Å²) < 4.78 is 1.68. The molecule has 4 aromatic heterocycles. The number of aryl methyl sites for hydroxylation is 2.